The summed E-state index contributed by atoms with van der Waals surface area (Å²) in [5.41, 5.74) is 1.75. The van der Waals surface area contributed by atoms with Crippen LogP contribution in [-0.2, 0) is 14.6 Å². The van der Waals surface area contributed by atoms with Crippen molar-refractivity contribution < 1.29 is 13.2 Å². The van der Waals surface area contributed by atoms with E-state index in [1.54, 1.807) is 6.07 Å². The van der Waals surface area contributed by atoms with Crippen LogP contribution in [0.5, 0.6) is 0 Å². The molecule has 3 rings (SSSR count). The minimum Gasteiger partial charge on any atom is -0.356 e. The van der Waals surface area contributed by atoms with Gasteiger partial charge in [-0.1, -0.05) is 17.7 Å². The van der Waals surface area contributed by atoms with Gasteiger partial charge < -0.3 is 10.2 Å². The molecule has 0 radical (unpaired) electrons. The summed E-state index contributed by atoms with van der Waals surface area (Å²) in [5.74, 6) is -0.0665. The third-order valence-electron chi connectivity index (χ3n) is 3.87. The highest BCUT2D eigenvalue weighted by atomic mass is 35.5. The number of rotatable bonds is 1. The Morgan fingerprint density at radius 2 is 2.10 bits per heavy atom. The molecule has 0 saturated carbocycles. The maximum absolute atomic E-state index is 11.8. The highest BCUT2D eigenvalue weighted by Crippen LogP contribution is 2.30. The monoisotopic (exact) mass is 314 g/mol. The molecule has 7 heteroatoms. The van der Waals surface area contributed by atoms with E-state index in [4.69, 9.17) is 11.6 Å². The first kappa shape index (κ1) is 13.7. The number of nitrogens with zero attached hydrogens (tertiary/aromatic N) is 1. The summed E-state index contributed by atoms with van der Waals surface area (Å²) in [6.45, 7) is 2.06. The summed E-state index contributed by atoms with van der Waals surface area (Å²) >= 11 is 6.12. The van der Waals surface area contributed by atoms with Gasteiger partial charge in [0.2, 0.25) is 5.91 Å². The van der Waals surface area contributed by atoms with Crippen molar-refractivity contribution in [2.24, 2.45) is 0 Å². The van der Waals surface area contributed by atoms with E-state index in [9.17, 15) is 13.2 Å². The predicted octanol–water partition coefficient (Wildman–Crippen LogP) is 0.750. The van der Waals surface area contributed by atoms with Gasteiger partial charge in [0.25, 0.3) is 0 Å². The van der Waals surface area contributed by atoms with Crippen LogP contribution in [0.25, 0.3) is 0 Å². The smallest absolute Gasteiger partial charge is 0.239 e. The summed E-state index contributed by atoms with van der Waals surface area (Å²) in [7, 11) is -3.10. The zero-order chi connectivity index (χ0) is 14.5. The van der Waals surface area contributed by atoms with Crippen molar-refractivity contribution >= 4 is 33.0 Å². The van der Waals surface area contributed by atoms with E-state index >= 15 is 0 Å². The largest absolute Gasteiger partial charge is 0.356 e. The maximum Gasteiger partial charge on any atom is 0.239 e. The molecule has 5 nitrogen and oxygen atoms in total. The van der Waals surface area contributed by atoms with Crippen molar-refractivity contribution in [3.05, 3.63) is 28.8 Å². The topological polar surface area (TPSA) is 66.5 Å². The molecule has 0 aliphatic carbocycles. The lowest BCUT2D eigenvalue weighted by atomic mass is 10.1. The number of piperazine rings is 1. The second kappa shape index (κ2) is 4.63. The number of aryl methyl sites for hydroxylation is 1. The van der Waals surface area contributed by atoms with Crippen LogP contribution >= 0.6 is 11.6 Å². The SMILES string of the molecule is Cc1ccc(N2CC(=O)N[C@@H]3CS(=O)(=O)C[C@H]32)cc1Cl. The molecule has 20 heavy (non-hydrogen) atoms. The second-order valence-electron chi connectivity index (χ2n) is 5.38. The molecule has 2 fully saturated rings. The first-order valence-electron chi connectivity index (χ1n) is 6.38. The summed E-state index contributed by atoms with van der Waals surface area (Å²) in [5, 5.41) is 3.38. The Bertz CT molecular complexity index is 674. The highest BCUT2D eigenvalue weighted by Gasteiger charge is 2.45. The van der Waals surface area contributed by atoms with E-state index in [1.165, 1.54) is 0 Å². The van der Waals surface area contributed by atoms with Crippen molar-refractivity contribution in [2.75, 3.05) is 23.0 Å². The molecule has 2 aliphatic heterocycles. The fraction of sp³-hybridized carbons (Fsp3) is 0.462. The van der Waals surface area contributed by atoms with Gasteiger partial charge in [0.05, 0.1) is 30.1 Å². The fourth-order valence-electron chi connectivity index (χ4n) is 2.84. The highest BCUT2D eigenvalue weighted by molar-refractivity contribution is 7.91. The number of hydrogen-bond donors (Lipinski definition) is 1. The first-order chi connectivity index (χ1) is 9.35. The van der Waals surface area contributed by atoms with Crippen molar-refractivity contribution in [3.63, 3.8) is 0 Å². The number of sulfone groups is 1. The third kappa shape index (κ3) is 2.38. The van der Waals surface area contributed by atoms with Gasteiger partial charge in [0.1, 0.15) is 0 Å². The second-order valence-corrected chi connectivity index (χ2v) is 7.94. The number of carbonyl (C=O) groups excluding carboxylic acids is 1. The maximum atomic E-state index is 11.8. The van der Waals surface area contributed by atoms with E-state index in [1.807, 2.05) is 24.0 Å². The molecule has 0 unspecified atom stereocenters. The molecule has 2 saturated heterocycles. The lowest BCUT2D eigenvalue weighted by Gasteiger charge is -2.38. The molecule has 1 aromatic rings. The van der Waals surface area contributed by atoms with Gasteiger partial charge in [0.15, 0.2) is 9.84 Å². The summed E-state index contributed by atoms with van der Waals surface area (Å²) in [6.07, 6.45) is 0. The van der Waals surface area contributed by atoms with Crippen molar-refractivity contribution in [2.45, 2.75) is 19.0 Å². The standard InChI is InChI=1S/C13H15ClN2O3S/c1-8-2-3-9(4-10(8)14)16-5-13(17)15-11-6-20(18,19)7-12(11)16/h2-4,11-12H,5-7H2,1H3,(H,15,17)/t11-,12-/m1/s1. The third-order valence-corrected chi connectivity index (χ3v) is 5.99. The number of hydrogen-bond acceptors (Lipinski definition) is 4. The zero-order valence-electron chi connectivity index (χ0n) is 11.0. The van der Waals surface area contributed by atoms with Crippen LogP contribution in [0.1, 0.15) is 5.56 Å². The summed E-state index contributed by atoms with van der Waals surface area (Å²) < 4.78 is 23.6. The van der Waals surface area contributed by atoms with Crippen LogP contribution in [0, 0.1) is 6.92 Å². The average molecular weight is 315 g/mol. The number of fused-ring (bicyclic) bond motifs is 1. The van der Waals surface area contributed by atoms with Crippen LogP contribution in [0.2, 0.25) is 5.02 Å². The quantitative estimate of drug-likeness (QED) is 0.831. The Hall–Kier alpha value is -1.27. The molecule has 108 valence electrons. The molecule has 2 heterocycles. The minimum atomic E-state index is -3.10. The first-order valence-corrected chi connectivity index (χ1v) is 8.58. The minimum absolute atomic E-state index is 0.0134. The predicted molar refractivity (Wildman–Crippen MR) is 77.9 cm³/mol. The van der Waals surface area contributed by atoms with Gasteiger partial charge >= 0.3 is 0 Å². The van der Waals surface area contributed by atoms with Gasteiger partial charge in [-0.2, -0.15) is 0 Å². The number of nitrogens with one attached hydrogen (secondary N) is 1. The molecular weight excluding hydrogens is 300 g/mol. The van der Waals surface area contributed by atoms with Crippen molar-refractivity contribution in [1.82, 2.24) is 5.32 Å². The zero-order valence-corrected chi connectivity index (χ0v) is 12.5. The van der Waals surface area contributed by atoms with Gasteiger partial charge in [0, 0.05) is 10.7 Å². The van der Waals surface area contributed by atoms with E-state index in [2.05, 4.69) is 5.32 Å². The summed E-state index contributed by atoms with van der Waals surface area (Å²) in [4.78, 5) is 13.6. The number of amides is 1. The van der Waals surface area contributed by atoms with E-state index in [0.717, 1.165) is 11.3 Å². The van der Waals surface area contributed by atoms with E-state index in [-0.39, 0.29) is 36.0 Å². The Labute approximate surface area is 122 Å². The number of anilines is 1. The molecule has 2 atom stereocenters. The van der Waals surface area contributed by atoms with Crippen LogP contribution in [0.3, 0.4) is 0 Å². The Morgan fingerprint density at radius 1 is 1.35 bits per heavy atom. The Morgan fingerprint density at radius 3 is 2.80 bits per heavy atom. The van der Waals surface area contributed by atoms with E-state index < -0.39 is 9.84 Å². The van der Waals surface area contributed by atoms with Gasteiger partial charge in [-0.25, -0.2) is 8.42 Å². The van der Waals surface area contributed by atoms with E-state index in [0.29, 0.717) is 5.02 Å². The Balaban J connectivity index is 1.98. The fourth-order valence-corrected chi connectivity index (χ4v) is 4.94. The molecular formula is C13H15ClN2O3S. The molecule has 2 aliphatic rings. The van der Waals surface area contributed by atoms with Gasteiger partial charge in [-0.05, 0) is 24.6 Å². The molecule has 0 bridgehead atoms. The van der Waals surface area contributed by atoms with Gasteiger partial charge in [-0.15, -0.1) is 0 Å². The molecule has 1 N–H and O–H groups in total. The van der Waals surface area contributed by atoms with Crippen LogP contribution in [0.4, 0.5) is 5.69 Å². The molecule has 1 aromatic carbocycles. The summed E-state index contributed by atoms with van der Waals surface area (Å²) in [6, 6.07) is 5.00. The van der Waals surface area contributed by atoms with Gasteiger partial charge in [-0.3, -0.25) is 4.79 Å². The van der Waals surface area contributed by atoms with Crippen molar-refractivity contribution in [1.29, 1.82) is 0 Å². The normalized spacial score (nSPS) is 28.1. The lowest BCUT2D eigenvalue weighted by molar-refractivity contribution is -0.121. The van der Waals surface area contributed by atoms with Crippen LogP contribution in [-0.4, -0.2) is 44.5 Å². The number of benzene rings is 1. The average Bonchev–Trinajstić information content (AvgIpc) is 2.65. The van der Waals surface area contributed by atoms with Crippen LogP contribution in [0.15, 0.2) is 18.2 Å². The number of carbonyl (C=O) groups is 1. The van der Waals surface area contributed by atoms with Crippen LogP contribution < -0.4 is 10.2 Å². The molecule has 1 amide bonds. The van der Waals surface area contributed by atoms with Crippen molar-refractivity contribution in [3.8, 4) is 0 Å². The lowest BCUT2D eigenvalue weighted by Crippen LogP contribution is -2.60. The molecule has 0 aromatic heterocycles. The Kier molecular flexibility index (Phi) is 3.17. The molecule has 0 spiro atoms. The number of halogens is 1.